The van der Waals surface area contributed by atoms with Gasteiger partial charge in [0.2, 0.25) is 21.8 Å². The lowest BCUT2D eigenvalue weighted by Crippen LogP contribution is -2.49. The molecule has 2 amide bonds. The average molecular weight is 544 g/mol. The molecule has 1 fully saturated rings. The third-order valence-electron chi connectivity index (χ3n) is 7.29. The Morgan fingerprint density at radius 1 is 1.08 bits per heavy atom. The summed E-state index contributed by atoms with van der Waals surface area (Å²) in [6.45, 7) is 6.09. The minimum Gasteiger partial charge on any atom is -0.497 e. The molecule has 38 heavy (non-hydrogen) atoms. The van der Waals surface area contributed by atoms with Crippen molar-refractivity contribution in [2.24, 2.45) is 0 Å². The summed E-state index contributed by atoms with van der Waals surface area (Å²) in [5.41, 5.74) is 3.51. The van der Waals surface area contributed by atoms with Crippen LogP contribution >= 0.6 is 0 Å². The number of ether oxygens (including phenoxy) is 1. The van der Waals surface area contributed by atoms with Crippen molar-refractivity contribution in [3.05, 3.63) is 59.2 Å². The third-order valence-corrected chi connectivity index (χ3v) is 8.48. The number of methoxy groups -OCH3 is 1. The van der Waals surface area contributed by atoms with Crippen molar-refractivity contribution in [3.63, 3.8) is 0 Å². The van der Waals surface area contributed by atoms with Gasteiger partial charge in [-0.05, 0) is 81.0 Å². The number of anilines is 1. The standard InChI is InChI=1S/C29H41N3O5S/c1-21-15-16-26(18-22(21)2)32(38(5,35)36)17-9-14-28(33)31(20-24-10-8-13-27(19-24)37-4)23(3)29(34)30-25-11-6-7-12-25/h8,10,13,15-16,18-19,23,25H,6-7,9,11-12,14,17,20H2,1-5H3,(H,30,34)/t23-/m0/s1. The predicted octanol–water partition coefficient (Wildman–Crippen LogP) is 4.33. The molecule has 0 aromatic heterocycles. The van der Waals surface area contributed by atoms with Crippen LogP contribution in [0.3, 0.4) is 0 Å². The molecule has 2 aromatic rings. The first kappa shape index (κ1) is 29.5. The normalized spacial score (nSPS) is 14.7. The number of nitrogens with zero attached hydrogens (tertiary/aromatic N) is 2. The van der Waals surface area contributed by atoms with Crippen LogP contribution < -0.4 is 14.4 Å². The molecule has 0 heterocycles. The smallest absolute Gasteiger partial charge is 0.242 e. The van der Waals surface area contributed by atoms with E-state index in [1.54, 1.807) is 25.0 Å². The van der Waals surface area contributed by atoms with Crippen molar-refractivity contribution in [3.8, 4) is 5.75 Å². The number of amides is 2. The number of carbonyl (C=O) groups is 2. The molecular weight excluding hydrogens is 502 g/mol. The summed E-state index contributed by atoms with van der Waals surface area (Å²) < 4.78 is 31.8. The van der Waals surface area contributed by atoms with E-state index in [9.17, 15) is 18.0 Å². The molecule has 1 saturated carbocycles. The topological polar surface area (TPSA) is 96.0 Å². The Hall–Kier alpha value is -3.07. The molecule has 1 atom stereocenters. The van der Waals surface area contributed by atoms with E-state index in [4.69, 9.17) is 4.74 Å². The molecule has 1 aliphatic rings. The average Bonchev–Trinajstić information content (AvgIpc) is 3.39. The molecule has 0 radical (unpaired) electrons. The van der Waals surface area contributed by atoms with Gasteiger partial charge in [-0.1, -0.05) is 31.0 Å². The fourth-order valence-electron chi connectivity index (χ4n) is 4.83. The third kappa shape index (κ3) is 7.96. The van der Waals surface area contributed by atoms with E-state index in [1.807, 2.05) is 50.2 Å². The monoisotopic (exact) mass is 543 g/mol. The highest BCUT2D eigenvalue weighted by Gasteiger charge is 2.29. The van der Waals surface area contributed by atoms with Crippen LogP contribution in [0, 0.1) is 13.8 Å². The van der Waals surface area contributed by atoms with Gasteiger partial charge >= 0.3 is 0 Å². The maximum Gasteiger partial charge on any atom is 0.242 e. The number of carbonyl (C=O) groups excluding carboxylic acids is 2. The Bertz CT molecular complexity index is 1220. The molecule has 2 aromatic carbocycles. The molecule has 1 N–H and O–H groups in total. The summed E-state index contributed by atoms with van der Waals surface area (Å²) in [6, 6.07) is 12.5. The fraction of sp³-hybridized carbons (Fsp3) is 0.517. The first-order chi connectivity index (χ1) is 18.0. The summed E-state index contributed by atoms with van der Waals surface area (Å²) >= 11 is 0. The highest BCUT2D eigenvalue weighted by Crippen LogP contribution is 2.23. The molecule has 0 bridgehead atoms. The summed E-state index contributed by atoms with van der Waals surface area (Å²) in [5, 5.41) is 3.10. The lowest BCUT2D eigenvalue weighted by atomic mass is 10.1. The van der Waals surface area contributed by atoms with Gasteiger partial charge in [0.15, 0.2) is 0 Å². The van der Waals surface area contributed by atoms with Gasteiger partial charge in [0.05, 0.1) is 19.1 Å². The Morgan fingerprint density at radius 3 is 2.42 bits per heavy atom. The summed E-state index contributed by atoms with van der Waals surface area (Å²) in [7, 11) is -1.95. The number of hydrogen-bond donors (Lipinski definition) is 1. The molecule has 1 aliphatic carbocycles. The number of sulfonamides is 1. The quantitative estimate of drug-likeness (QED) is 0.430. The van der Waals surface area contributed by atoms with Gasteiger partial charge in [-0.3, -0.25) is 13.9 Å². The van der Waals surface area contributed by atoms with Crippen LogP contribution in [-0.4, -0.2) is 57.1 Å². The molecule has 9 heteroatoms. The molecule has 3 rings (SSSR count). The van der Waals surface area contributed by atoms with E-state index in [1.165, 1.54) is 10.6 Å². The van der Waals surface area contributed by atoms with Crippen LogP contribution in [0.25, 0.3) is 0 Å². The summed E-state index contributed by atoms with van der Waals surface area (Å²) in [5.74, 6) is 0.312. The maximum atomic E-state index is 13.5. The molecule has 208 valence electrons. The zero-order chi connectivity index (χ0) is 27.9. The van der Waals surface area contributed by atoms with Crippen LogP contribution in [-0.2, 0) is 26.2 Å². The first-order valence-electron chi connectivity index (χ1n) is 13.3. The van der Waals surface area contributed by atoms with Gasteiger partial charge in [0.1, 0.15) is 11.8 Å². The highest BCUT2D eigenvalue weighted by molar-refractivity contribution is 7.92. The van der Waals surface area contributed by atoms with Gasteiger partial charge in [0.25, 0.3) is 0 Å². The van der Waals surface area contributed by atoms with Crippen LogP contribution in [0.5, 0.6) is 5.75 Å². The Labute approximate surface area is 227 Å². The van der Waals surface area contributed by atoms with E-state index in [-0.39, 0.29) is 37.4 Å². The largest absolute Gasteiger partial charge is 0.497 e. The molecular formula is C29H41N3O5S. The second-order valence-electron chi connectivity index (χ2n) is 10.2. The number of rotatable bonds is 12. The Kier molecular flexibility index (Phi) is 10.2. The van der Waals surface area contributed by atoms with Crippen molar-refractivity contribution in [1.82, 2.24) is 10.2 Å². The van der Waals surface area contributed by atoms with E-state index < -0.39 is 16.1 Å². The molecule has 0 saturated heterocycles. The van der Waals surface area contributed by atoms with Crippen LogP contribution in [0.15, 0.2) is 42.5 Å². The van der Waals surface area contributed by atoms with Crippen molar-refractivity contribution in [1.29, 1.82) is 0 Å². The van der Waals surface area contributed by atoms with Gasteiger partial charge in [-0.15, -0.1) is 0 Å². The minimum atomic E-state index is -3.53. The number of benzene rings is 2. The van der Waals surface area contributed by atoms with Crippen LogP contribution in [0.2, 0.25) is 0 Å². The first-order valence-corrected chi connectivity index (χ1v) is 15.1. The van der Waals surface area contributed by atoms with Crippen LogP contribution in [0.1, 0.15) is 62.1 Å². The zero-order valence-corrected chi connectivity index (χ0v) is 24.0. The van der Waals surface area contributed by atoms with Crippen molar-refractivity contribution in [2.45, 2.75) is 77.9 Å². The number of hydrogen-bond acceptors (Lipinski definition) is 5. The summed E-state index contributed by atoms with van der Waals surface area (Å²) in [6.07, 6.45) is 5.73. The van der Waals surface area contributed by atoms with Gasteiger partial charge in [-0.2, -0.15) is 0 Å². The van der Waals surface area contributed by atoms with Gasteiger partial charge in [0, 0.05) is 25.6 Å². The maximum absolute atomic E-state index is 13.5. The van der Waals surface area contributed by atoms with Crippen LogP contribution in [0.4, 0.5) is 5.69 Å². The van der Waals surface area contributed by atoms with E-state index in [0.29, 0.717) is 17.9 Å². The predicted molar refractivity (Wildman–Crippen MR) is 151 cm³/mol. The van der Waals surface area contributed by atoms with E-state index >= 15 is 0 Å². The highest BCUT2D eigenvalue weighted by atomic mass is 32.2. The minimum absolute atomic E-state index is 0.113. The SMILES string of the molecule is COc1cccc(CN(C(=O)CCCN(c2ccc(C)c(C)c2)S(C)(=O)=O)[C@@H](C)C(=O)NC2CCCC2)c1. The second-order valence-corrected chi connectivity index (χ2v) is 12.2. The van der Waals surface area contributed by atoms with Crippen molar-refractivity contribution in [2.75, 3.05) is 24.2 Å². The number of aryl methyl sites for hydroxylation is 2. The Balaban J connectivity index is 1.74. The Morgan fingerprint density at radius 2 is 1.79 bits per heavy atom. The molecule has 0 spiro atoms. The van der Waals surface area contributed by atoms with Crippen molar-refractivity contribution < 1.29 is 22.7 Å². The number of nitrogens with one attached hydrogen (secondary N) is 1. The van der Waals surface area contributed by atoms with E-state index in [0.717, 1.165) is 42.4 Å². The lowest BCUT2D eigenvalue weighted by molar-refractivity contribution is -0.141. The molecule has 0 unspecified atom stereocenters. The summed E-state index contributed by atoms with van der Waals surface area (Å²) in [4.78, 5) is 28.2. The fourth-order valence-corrected chi connectivity index (χ4v) is 5.78. The van der Waals surface area contributed by atoms with E-state index in [2.05, 4.69) is 5.32 Å². The molecule has 0 aliphatic heterocycles. The van der Waals surface area contributed by atoms with Gasteiger partial charge < -0.3 is 15.0 Å². The second kappa shape index (κ2) is 13.1. The van der Waals surface area contributed by atoms with Crippen molar-refractivity contribution >= 4 is 27.5 Å². The van der Waals surface area contributed by atoms with Gasteiger partial charge in [-0.25, -0.2) is 8.42 Å². The molecule has 8 nitrogen and oxygen atoms in total. The lowest BCUT2D eigenvalue weighted by Gasteiger charge is -2.30. The zero-order valence-electron chi connectivity index (χ0n) is 23.2.